The number of carbonyl (C=O) groups excluding carboxylic acids is 2. The molecule has 0 fully saturated rings. The van der Waals surface area contributed by atoms with Crippen LogP contribution in [0.5, 0.6) is 0 Å². The van der Waals surface area contributed by atoms with Crippen molar-refractivity contribution >= 4 is 17.6 Å². The van der Waals surface area contributed by atoms with E-state index >= 15 is 0 Å². The van der Waals surface area contributed by atoms with Crippen LogP contribution in [0.4, 0.5) is 5.69 Å². The Morgan fingerprint density at radius 1 is 1.29 bits per heavy atom. The zero-order valence-corrected chi connectivity index (χ0v) is 13.1. The van der Waals surface area contributed by atoms with E-state index in [1.54, 1.807) is 25.1 Å². The van der Waals surface area contributed by atoms with Crippen molar-refractivity contribution in [3.63, 3.8) is 0 Å². The molecule has 0 heterocycles. The maximum absolute atomic E-state index is 12.0. The number of nitrogens with one attached hydrogen (secondary N) is 1. The van der Waals surface area contributed by atoms with E-state index in [0.29, 0.717) is 11.3 Å². The molecule has 1 rings (SSSR count). The minimum Gasteiger partial charge on any atom is -0.449 e. The lowest BCUT2D eigenvalue weighted by molar-refractivity contribution is -0.129. The number of ether oxygens (including phenoxy) is 1. The summed E-state index contributed by atoms with van der Waals surface area (Å²) in [5.74, 6) is -0.832. The fraction of sp³-hybridized carbons (Fsp3) is 0.500. The van der Waals surface area contributed by atoms with E-state index in [4.69, 9.17) is 10.5 Å². The van der Waals surface area contributed by atoms with Gasteiger partial charge in [0.25, 0.3) is 5.91 Å². The third-order valence-electron chi connectivity index (χ3n) is 3.10. The number of carbonyl (C=O) groups is 2. The lowest BCUT2D eigenvalue weighted by atomic mass is 10.1. The van der Waals surface area contributed by atoms with E-state index in [1.807, 2.05) is 20.8 Å². The largest absolute Gasteiger partial charge is 0.449 e. The quantitative estimate of drug-likeness (QED) is 0.623. The highest BCUT2D eigenvalue weighted by Crippen LogP contribution is 2.13. The summed E-state index contributed by atoms with van der Waals surface area (Å²) in [5.41, 5.74) is 7.42. The highest BCUT2D eigenvalue weighted by Gasteiger charge is 2.20. The number of nitrogens with two attached hydrogens (primary N) is 1. The van der Waals surface area contributed by atoms with Crippen LogP contribution in [0, 0.1) is 6.92 Å². The molecule has 5 nitrogen and oxygen atoms in total. The van der Waals surface area contributed by atoms with E-state index in [2.05, 4.69) is 5.32 Å². The van der Waals surface area contributed by atoms with Gasteiger partial charge in [-0.2, -0.15) is 0 Å². The third-order valence-corrected chi connectivity index (χ3v) is 3.10. The van der Waals surface area contributed by atoms with Crippen molar-refractivity contribution < 1.29 is 14.3 Å². The Morgan fingerprint density at radius 3 is 2.52 bits per heavy atom. The topological polar surface area (TPSA) is 81.4 Å². The van der Waals surface area contributed by atoms with Crippen LogP contribution in [0.25, 0.3) is 0 Å². The Kier molecular flexibility index (Phi) is 6.21. The number of hydrogen-bond acceptors (Lipinski definition) is 4. The van der Waals surface area contributed by atoms with Gasteiger partial charge in [0.2, 0.25) is 0 Å². The van der Waals surface area contributed by atoms with E-state index < -0.39 is 12.1 Å². The molecular weight excluding hydrogens is 268 g/mol. The molecule has 0 bridgehead atoms. The van der Waals surface area contributed by atoms with Crippen LogP contribution in [0.3, 0.4) is 0 Å². The molecule has 0 aliphatic rings. The summed E-state index contributed by atoms with van der Waals surface area (Å²) < 4.78 is 5.18. The van der Waals surface area contributed by atoms with Crippen LogP contribution in [-0.4, -0.2) is 24.0 Å². The van der Waals surface area contributed by atoms with Crippen molar-refractivity contribution in [3.8, 4) is 0 Å². The lowest BCUT2D eigenvalue weighted by Gasteiger charge is -2.17. The van der Waals surface area contributed by atoms with Crippen LogP contribution in [0.15, 0.2) is 18.2 Å². The SMILES string of the molecule is CCCC(C)NC(=O)C(C)OC(=O)c1cc(C)cc(N)c1. The molecule has 1 amide bonds. The highest BCUT2D eigenvalue weighted by atomic mass is 16.5. The Morgan fingerprint density at radius 2 is 1.95 bits per heavy atom. The summed E-state index contributed by atoms with van der Waals surface area (Å²) in [6.45, 7) is 7.38. The molecule has 2 unspecified atom stereocenters. The second-order valence-electron chi connectivity index (χ2n) is 5.38. The number of aryl methyl sites for hydroxylation is 1. The molecule has 0 aliphatic carbocycles. The van der Waals surface area contributed by atoms with Gasteiger partial charge in [0.05, 0.1) is 5.56 Å². The smallest absolute Gasteiger partial charge is 0.338 e. The number of esters is 1. The van der Waals surface area contributed by atoms with Crippen LogP contribution < -0.4 is 11.1 Å². The molecule has 0 aliphatic heterocycles. The van der Waals surface area contributed by atoms with Crippen LogP contribution >= 0.6 is 0 Å². The molecule has 5 heteroatoms. The standard InChI is InChI=1S/C16H24N2O3/c1-5-6-11(3)18-15(19)12(4)21-16(20)13-7-10(2)8-14(17)9-13/h7-9,11-12H,5-6,17H2,1-4H3,(H,18,19). The van der Waals surface area contributed by atoms with Gasteiger partial charge in [-0.3, -0.25) is 4.79 Å². The van der Waals surface area contributed by atoms with Crippen LogP contribution in [0.2, 0.25) is 0 Å². The number of benzene rings is 1. The molecule has 3 N–H and O–H groups in total. The highest BCUT2D eigenvalue weighted by molar-refractivity contribution is 5.93. The molecule has 0 saturated carbocycles. The molecule has 21 heavy (non-hydrogen) atoms. The van der Waals surface area contributed by atoms with E-state index in [1.165, 1.54) is 0 Å². The molecule has 0 saturated heterocycles. The first kappa shape index (κ1) is 17.0. The van der Waals surface area contributed by atoms with Gasteiger partial charge in [-0.25, -0.2) is 4.79 Å². The number of rotatable bonds is 6. The molecule has 0 radical (unpaired) electrons. The zero-order valence-electron chi connectivity index (χ0n) is 13.1. The van der Waals surface area contributed by atoms with E-state index in [0.717, 1.165) is 18.4 Å². The Hall–Kier alpha value is -2.04. The van der Waals surface area contributed by atoms with Gasteiger partial charge < -0.3 is 15.8 Å². The van der Waals surface area contributed by atoms with Gasteiger partial charge in [0, 0.05) is 11.7 Å². The Balaban J connectivity index is 2.63. The van der Waals surface area contributed by atoms with Gasteiger partial charge in [0.15, 0.2) is 6.10 Å². The molecule has 0 spiro atoms. The average molecular weight is 292 g/mol. The number of nitrogen functional groups attached to an aromatic ring is 1. The molecule has 2 atom stereocenters. The van der Waals surface area contributed by atoms with Crippen molar-refractivity contribution in [2.75, 3.05) is 5.73 Å². The Bertz CT molecular complexity index is 494. The van der Waals surface area contributed by atoms with Gasteiger partial charge in [-0.05, 0) is 51.0 Å². The first-order chi connectivity index (χ1) is 9.83. The molecule has 116 valence electrons. The van der Waals surface area contributed by atoms with Crippen molar-refractivity contribution in [1.82, 2.24) is 5.32 Å². The normalized spacial score (nSPS) is 13.3. The predicted octanol–water partition coefficient (Wildman–Crippen LogP) is 2.43. The van der Waals surface area contributed by atoms with Crippen LogP contribution in [-0.2, 0) is 9.53 Å². The second-order valence-corrected chi connectivity index (χ2v) is 5.38. The fourth-order valence-corrected chi connectivity index (χ4v) is 2.08. The maximum atomic E-state index is 12.0. The molecule has 1 aromatic rings. The van der Waals surface area contributed by atoms with Crippen molar-refractivity contribution in [2.24, 2.45) is 0 Å². The third kappa shape index (κ3) is 5.45. The van der Waals surface area contributed by atoms with Gasteiger partial charge in [-0.1, -0.05) is 13.3 Å². The van der Waals surface area contributed by atoms with Gasteiger partial charge in [-0.15, -0.1) is 0 Å². The first-order valence-electron chi connectivity index (χ1n) is 7.22. The summed E-state index contributed by atoms with van der Waals surface area (Å²) in [4.78, 5) is 23.9. The molecule has 1 aromatic carbocycles. The summed E-state index contributed by atoms with van der Waals surface area (Å²) in [7, 11) is 0. The van der Waals surface area contributed by atoms with E-state index in [-0.39, 0.29) is 11.9 Å². The lowest BCUT2D eigenvalue weighted by Crippen LogP contribution is -2.40. The summed E-state index contributed by atoms with van der Waals surface area (Å²) >= 11 is 0. The van der Waals surface area contributed by atoms with E-state index in [9.17, 15) is 9.59 Å². The number of hydrogen-bond donors (Lipinski definition) is 2. The predicted molar refractivity (Wildman–Crippen MR) is 83.0 cm³/mol. The number of anilines is 1. The van der Waals surface area contributed by atoms with Gasteiger partial charge in [0.1, 0.15) is 0 Å². The average Bonchev–Trinajstić information content (AvgIpc) is 2.37. The summed E-state index contributed by atoms with van der Waals surface area (Å²) in [5, 5.41) is 2.82. The van der Waals surface area contributed by atoms with Crippen molar-refractivity contribution in [1.29, 1.82) is 0 Å². The summed E-state index contributed by atoms with van der Waals surface area (Å²) in [6, 6.07) is 5.06. The minimum atomic E-state index is -0.835. The minimum absolute atomic E-state index is 0.0678. The number of amides is 1. The fourth-order valence-electron chi connectivity index (χ4n) is 2.08. The molecular formula is C16H24N2O3. The van der Waals surface area contributed by atoms with Crippen LogP contribution in [0.1, 0.15) is 49.5 Å². The maximum Gasteiger partial charge on any atom is 0.338 e. The summed E-state index contributed by atoms with van der Waals surface area (Å²) in [6.07, 6.45) is 1.04. The van der Waals surface area contributed by atoms with Gasteiger partial charge >= 0.3 is 5.97 Å². The van der Waals surface area contributed by atoms with Crippen molar-refractivity contribution in [2.45, 2.75) is 52.7 Å². The first-order valence-corrected chi connectivity index (χ1v) is 7.22. The zero-order chi connectivity index (χ0) is 16.0. The van der Waals surface area contributed by atoms with Crippen molar-refractivity contribution in [3.05, 3.63) is 29.3 Å². The molecule has 0 aromatic heterocycles. The monoisotopic (exact) mass is 292 g/mol. The second kappa shape index (κ2) is 7.67. The Labute approximate surface area is 125 Å².